The highest BCUT2D eigenvalue weighted by Crippen LogP contribution is 2.46. The molecule has 0 radical (unpaired) electrons. The lowest BCUT2D eigenvalue weighted by atomic mass is 9.88. The lowest BCUT2D eigenvalue weighted by Crippen LogP contribution is -2.48. The Hall–Kier alpha value is -2.53. The monoisotopic (exact) mass is 295 g/mol. The Kier molecular flexibility index (Phi) is 2.09. The number of aliphatic hydroxyl groups is 1. The number of hydrogen-bond donors (Lipinski definition) is 1. The van der Waals surface area contributed by atoms with E-state index >= 15 is 0 Å². The van der Waals surface area contributed by atoms with Crippen LogP contribution < -0.4 is 9.47 Å². The van der Waals surface area contributed by atoms with Gasteiger partial charge in [-0.1, -0.05) is 18.2 Å². The Bertz CT molecular complexity index is 831. The van der Waals surface area contributed by atoms with Gasteiger partial charge in [-0.3, -0.25) is 4.79 Å². The number of benzene rings is 2. The highest BCUT2D eigenvalue weighted by atomic mass is 16.7. The largest absolute Gasteiger partial charge is 0.454 e. The maximum absolute atomic E-state index is 12.6. The third kappa shape index (κ3) is 1.34. The maximum atomic E-state index is 12.6. The minimum absolute atomic E-state index is 0.124. The molecule has 0 bridgehead atoms. The Balaban J connectivity index is 1.68. The van der Waals surface area contributed by atoms with Crippen LogP contribution in [-0.2, 0) is 18.7 Å². The van der Waals surface area contributed by atoms with Crippen molar-refractivity contribution in [1.82, 2.24) is 4.90 Å². The molecule has 1 amide bonds. The molecular formula is C17H13NO4. The number of ether oxygens (including phenoxy) is 2. The molecule has 5 nitrogen and oxygen atoms in total. The summed E-state index contributed by atoms with van der Waals surface area (Å²) in [6.45, 7) is 0.587. The molecule has 1 N–H and O–H groups in total. The molecule has 110 valence electrons. The standard InChI is InChI=1S/C17H13NO4/c19-16-12-3-1-2-4-13(12)17(20)7-10-5-14-15(22-9-21-14)6-11(10)8-18(16)17/h1-6,20H,7-9H2/t17-/m1/s1. The van der Waals surface area contributed by atoms with Gasteiger partial charge in [-0.25, -0.2) is 0 Å². The van der Waals surface area contributed by atoms with E-state index in [1.165, 1.54) is 0 Å². The summed E-state index contributed by atoms with van der Waals surface area (Å²) in [6, 6.07) is 11.1. The Morgan fingerprint density at radius 2 is 1.82 bits per heavy atom. The van der Waals surface area contributed by atoms with Gasteiger partial charge < -0.3 is 19.5 Å². The van der Waals surface area contributed by atoms with Crippen LogP contribution in [0.5, 0.6) is 11.5 Å². The van der Waals surface area contributed by atoms with Gasteiger partial charge >= 0.3 is 0 Å². The number of rotatable bonds is 0. The molecule has 3 heterocycles. The van der Waals surface area contributed by atoms with E-state index in [2.05, 4.69) is 0 Å². The van der Waals surface area contributed by atoms with Crippen LogP contribution in [0, 0.1) is 0 Å². The van der Waals surface area contributed by atoms with Gasteiger partial charge in [0.05, 0.1) is 0 Å². The number of amides is 1. The average molecular weight is 295 g/mol. The molecule has 22 heavy (non-hydrogen) atoms. The first-order chi connectivity index (χ1) is 10.7. The van der Waals surface area contributed by atoms with Crippen LogP contribution in [0.1, 0.15) is 27.0 Å². The van der Waals surface area contributed by atoms with Crippen molar-refractivity contribution in [2.45, 2.75) is 18.7 Å². The second-order valence-corrected chi connectivity index (χ2v) is 5.90. The minimum Gasteiger partial charge on any atom is -0.454 e. The number of carbonyl (C=O) groups is 1. The number of fused-ring (bicyclic) bond motifs is 5. The smallest absolute Gasteiger partial charge is 0.257 e. The molecule has 0 aliphatic carbocycles. The fourth-order valence-corrected chi connectivity index (χ4v) is 3.64. The van der Waals surface area contributed by atoms with E-state index in [1.807, 2.05) is 30.3 Å². The Labute approximate surface area is 126 Å². The summed E-state index contributed by atoms with van der Waals surface area (Å²) in [4.78, 5) is 14.1. The van der Waals surface area contributed by atoms with Gasteiger partial charge in [0.25, 0.3) is 5.91 Å². The van der Waals surface area contributed by atoms with Gasteiger partial charge in [0, 0.05) is 24.1 Å². The lowest BCUT2D eigenvalue weighted by Gasteiger charge is -2.39. The van der Waals surface area contributed by atoms with Crippen LogP contribution in [0.25, 0.3) is 0 Å². The number of nitrogens with zero attached hydrogens (tertiary/aromatic N) is 1. The average Bonchev–Trinajstić information content (AvgIpc) is 3.06. The van der Waals surface area contributed by atoms with E-state index in [0.29, 0.717) is 35.6 Å². The van der Waals surface area contributed by atoms with E-state index in [4.69, 9.17) is 9.47 Å². The van der Waals surface area contributed by atoms with E-state index in [-0.39, 0.29) is 12.7 Å². The molecule has 5 rings (SSSR count). The molecule has 0 saturated heterocycles. The zero-order chi connectivity index (χ0) is 14.9. The fourth-order valence-electron chi connectivity index (χ4n) is 3.64. The Morgan fingerprint density at radius 3 is 2.64 bits per heavy atom. The molecular weight excluding hydrogens is 282 g/mol. The topological polar surface area (TPSA) is 59.0 Å². The highest BCUT2D eigenvalue weighted by Gasteiger charge is 2.51. The lowest BCUT2D eigenvalue weighted by molar-refractivity contribution is -0.0946. The van der Waals surface area contributed by atoms with Crippen molar-refractivity contribution in [3.63, 3.8) is 0 Å². The SMILES string of the molecule is O=C1c2ccccc2[C@]2(O)Cc3cc4c(cc3CN12)OCO4. The maximum Gasteiger partial charge on any atom is 0.257 e. The van der Waals surface area contributed by atoms with Gasteiger partial charge in [0.2, 0.25) is 6.79 Å². The van der Waals surface area contributed by atoms with Gasteiger partial charge in [-0.05, 0) is 29.3 Å². The molecule has 3 aliphatic rings. The van der Waals surface area contributed by atoms with Crippen molar-refractivity contribution in [3.8, 4) is 11.5 Å². The normalized spacial score (nSPS) is 24.0. The van der Waals surface area contributed by atoms with Crippen molar-refractivity contribution in [1.29, 1.82) is 0 Å². The minimum atomic E-state index is -1.27. The van der Waals surface area contributed by atoms with E-state index in [0.717, 1.165) is 11.1 Å². The number of hydrogen-bond acceptors (Lipinski definition) is 4. The van der Waals surface area contributed by atoms with Crippen LogP contribution in [0.15, 0.2) is 36.4 Å². The van der Waals surface area contributed by atoms with Crippen LogP contribution >= 0.6 is 0 Å². The van der Waals surface area contributed by atoms with Crippen molar-refractivity contribution in [3.05, 3.63) is 58.7 Å². The summed E-state index contributed by atoms with van der Waals surface area (Å²) in [5.41, 5.74) is 1.98. The van der Waals surface area contributed by atoms with E-state index < -0.39 is 5.72 Å². The van der Waals surface area contributed by atoms with E-state index in [1.54, 1.807) is 11.0 Å². The van der Waals surface area contributed by atoms with Gasteiger partial charge in [-0.2, -0.15) is 0 Å². The molecule has 2 aromatic carbocycles. The van der Waals surface area contributed by atoms with Crippen molar-refractivity contribution < 1.29 is 19.4 Å². The quantitative estimate of drug-likeness (QED) is 0.805. The summed E-state index contributed by atoms with van der Waals surface area (Å²) < 4.78 is 10.8. The van der Waals surface area contributed by atoms with Gasteiger partial charge in [0.15, 0.2) is 17.2 Å². The molecule has 3 aliphatic heterocycles. The van der Waals surface area contributed by atoms with Crippen molar-refractivity contribution in [2.24, 2.45) is 0 Å². The third-order valence-corrected chi connectivity index (χ3v) is 4.74. The number of carbonyl (C=O) groups excluding carboxylic acids is 1. The first-order valence-electron chi connectivity index (χ1n) is 7.22. The van der Waals surface area contributed by atoms with E-state index in [9.17, 15) is 9.90 Å². The van der Waals surface area contributed by atoms with Crippen LogP contribution in [-0.4, -0.2) is 22.7 Å². The summed E-state index contributed by atoms with van der Waals surface area (Å²) in [7, 11) is 0. The highest BCUT2D eigenvalue weighted by molar-refractivity contribution is 6.00. The van der Waals surface area contributed by atoms with Crippen molar-refractivity contribution >= 4 is 5.91 Å². The second kappa shape index (κ2) is 3.81. The molecule has 0 fully saturated rings. The molecule has 2 aromatic rings. The molecule has 5 heteroatoms. The molecule has 0 unspecified atom stereocenters. The van der Waals surface area contributed by atoms with Gasteiger partial charge in [-0.15, -0.1) is 0 Å². The third-order valence-electron chi connectivity index (χ3n) is 4.74. The molecule has 1 atom stereocenters. The predicted molar refractivity (Wildman–Crippen MR) is 76.5 cm³/mol. The zero-order valence-electron chi connectivity index (χ0n) is 11.7. The summed E-state index contributed by atoms with van der Waals surface area (Å²) >= 11 is 0. The van der Waals surface area contributed by atoms with Crippen molar-refractivity contribution in [2.75, 3.05) is 6.79 Å². The van der Waals surface area contributed by atoms with Crippen LogP contribution in [0.2, 0.25) is 0 Å². The first kappa shape index (κ1) is 12.1. The summed E-state index contributed by atoms with van der Waals surface area (Å²) in [5, 5.41) is 11.2. The first-order valence-corrected chi connectivity index (χ1v) is 7.22. The van der Waals surface area contributed by atoms with Crippen LogP contribution in [0.3, 0.4) is 0 Å². The Morgan fingerprint density at radius 1 is 1.09 bits per heavy atom. The fraction of sp³-hybridized carbons (Fsp3) is 0.235. The summed E-state index contributed by atoms with van der Waals surface area (Å²) in [5.74, 6) is 1.28. The molecule has 0 saturated carbocycles. The predicted octanol–water partition coefficient (Wildman–Crippen LogP) is 1.77. The van der Waals surface area contributed by atoms with Crippen LogP contribution in [0.4, 0.5) is 0 Å². The van der Waals surface area contributed by atoms with Gasteiger partial charge in [0.1, 0.15) is 0 Å². The molecule has 0 aromatic heterocycles. The summed E-state index contributed by atoms with van der Waals surface area (Å²) in [6.07, 6.45) is 0.363. The zero-order valence-corrected chi connectivity index (χ0v) is 11.7. The molecule has 0 spiro atoms. The second-order valence-electron chi connectivity index (χ2n) is 5.90.